The second kappa shape index (κ2) is 7.28. The van der Waals surface area contributed by atoms with Crippen LogP contribution in [0.2, 0.25) is 0 Å². The molecule has 7 heteroatoms. The largest absolute Gasteiger partial charge is 0.306 e. The van der Waals surface area contributed by atoms with Crippen LogP contribution in [0.4, 0.5) is 0 Å². The van der Waals surface area contributed by atoms with Gasteiger partial charge in [-0.1, -0.05) is 19.9 Å². The minimum absolute atomic E-state index is 0.0991. The Hall–Kier alpha value is -0.980. The number of nitrogens with one attached hydrogen (secondary N) is 1. The lowest BCUT2D eigenvalue weighted by atomic mass is 10.0. The van der Waals surface area contributed by atoms with E-state index < -0.39 is 0 Å². The van der Waals surface area contributed by atoms with Crippen LogP contribution in [0.5, 0.6) is 0 Å². The van der Waals surface area contributed by atoms with Gasteiger partial charge in [-0.2, -0.15) is 5.10 Å². The van der Waals surface area contributed by atoms with Crippen molar-refractivity contribution in [2.24, 2.45) is 0 Å². The van der Waals surface area contributed by atoms with E-state index in [4.69, 9.17) is 5.10 Å². The molecule has 3 aromatic rings. The fraction of sp³-hybridized carbons (Fsp3) is 0.375. The molecule has 0 saturated carbocycles. The van der Waals surface area contributed by atoms with E-state index in [2.05, 4.69) is 55.7 Å². The van der Waals surface area contributed by atoms with E-state index >= 15 is 0 Å². The second-order valence-corrected chi connectivity index (χ2v) is 7.36. The molecule has 1 aliphatic rings. The van der Waals surface area contributed by atoms with Crippen LogP contribution >= 0.6 is 28.4 Å². The van der Waals surface area contributed by atoms with Gasteiger partial charge in [-0.15, -0.1) is 0 Å². The second-order valence-electron chi connectivity index (χ2n) is 5.26. The Morgan fingerprint density at radius 3 is 2.96 bits per heavy atom. The number of halogens is 1. The molecule has 122 valence electrons. The molecular weight excluding hydrogens is 420 g/mol. The third-order valence-corrected chi connectivity index (χ3v) is 6.13. The summed E-state index contributed by atoms with van der Waals surface area (Å²) in [6.07, 6.45) is 5.69. The lowest BCUT2D eigenvalue weighted by Crippen LogP contribution is -2.31. The summed E-state index contributed by atoms with van der Waals surface area (Å²) in [5.41, 5.74) is 5.93. The van der Waals surface area contributed by atoms with Crippen LogP contribution in [0.3, 0.4) is 0 Å². The predicted molar refractivity (Wildman–Crippen MR) is 105 cm³/mol. The molecule has 0 aliphatic carbocycles. The molecule has 0 amide bonds. The number of rotatable bonds is 2. The van der Waals surface area contributed by atoms with Gasteiger partial charge < -0.3 is 9.65 Å². The minimum atomic E-state index is 0.0991. The van der Waals surface area contributed by atoms with Gasteiger partial charge in [0.05, 0.1) is 29.3 Å². The SMILES string of the molecule is CC.Cc1cccn2nc(C3NCCc4c3ncn4PI)cc12. The van der Waals surface area contributed by atoms with Crippen LogP contribution in [0.25, 0.3) is 5.52 Å². The number of aromatic nitrogens is 4. The lowest BCUT2D eigenvalue weighted by Gasteiger charge is -2.22. The van der Waals surface area contributed by atoms with E-state index in [0.717, 1.165) is 29.9 Å². The average molecular weight is 441 g/mol. The van der Waals surface area contributed by atoms with Gasteiger partial charge in [0.25, 0.3) is 0 Å². The Labute approximate surface area is 151 Å². The third kappa shape index (κ3) is 3.04. The van der Waals surface area contributed by atoms with E-state index in [-0.39, 0.29) is 6.04 Å². The quantitative estimate of drug-likeness (QED) is 0.485. The number of hydrogen-bond acceptors (Lipinski definition) is 3. The Kier molecular flexibility index (Phi) is 5.34. The van der Waals surface area contributed by atoms with Crippen LogP contribution in [0, 0.1) is 6.92 Å². The molecule has 2 atom stereocenters. The summed E-state index contributed by atoms with van der Waals surface area (Å²) in [5.74, 6) is 0. The zero-order valence-corrected chi connectivity index (χ0v) is 16.7. The van der Waals surface area contributed by atoms with Gasteiger partial charge in [-0.3, -0.25) is 0 Å². The topological polar surface area (TPSA) is 47.1 Å². The number of pyridine rings is 1. The Morgan fingerprint density at radius 1 is 1.39 bits per heavy atom. The van der Waals surface area contributed by atoms with Crippen LogP contribution in [0.15, 0.2) is 30.7 Å². The van der Waals surface area contributed by atoms with Crippen LogP contribution in [-0.2, 0) is 6.42 Å². The molecule has 1 N–H and O–H groups in total. The molecule has 23 heavy (non-hydrogen) atoms. The van der Waals surface area contributed by atoms with Crippen molar-refractivity contribution in [1.82, 2.24) is 24.3 Å². The number of imidazole rings is 1. The summed E-state index contributed by atoms with van der Waals surface area (Å²) >= 11 is 2.40. The van der Waals surface area contributed by atoms with Crippen molar-refractivity contribution in [2.45, 2.75) is 33.2 Å². The molecule has 0 spiro atoms. The highest BCUT2D eigenvalue weighted by atomic mass is 127. The molecule has 3 aromatic heterocycles. The van der Waals surface area contributed by atoms with Crippen LogP contribution < -0.4 is 5.32 Å². The molecule has 0 aromatic carbocycles. The van der Waals surface area contributed by atoms with Crippen molar-refractivity contribution < 1.29 is 0 Å². The van der Waals surface area contributed by atoms with E-state index in [1.165, 1.54) is 11.3 Å². The first-order chi connectivity index (χ1) is 11.3. The maximum absolute atomic E-state index is 4.74. The summed E-state index contributed by atoms with van der Waals surface area (Å²) in [4.78, 5) is 4.63. The normalized spacial score (nSPS) is 17.3. The maximum Gasteiger partial charge on any atom is 0.0990 e. The standard InChI is InChI=1S/C14H15IN5P.C2H6/c1-9-3-2-6-19-12(9)7-10(18-19)13-14-11(4-5-16-13)20(21-15)8-17-14;1-2/h2-3,6-8,13,16,21H,4-5H2,1H3;1-2H3. The fourth-order valence-electron chi connectivity index (χ4n) is 2.94. The molecule has 4 rings (SSSR count). The van der Waals surface area contributed by atoms with Gasteiger partial charge in [0.1, 0.15) is 0 Å². The highest BCUT2D eigenvalue weighted by Crippen LogP contribution is 2.33. The summed E-state index contributed by atoms with van der Waals surface area (Å²) in [5, 5.41) is 8.29. The molecular formula is C16H21IN5P. The van der Waals surface area contributed by atoms with Crippen LogP contribution in [-0.4, -0.2) is 25.5 Å². The third-order valence-electron chi connectivity index (χ3n) is 4.00. The van der Waals surface area contributed by atoms with Crippen molar-refractivity contribution in [3.8, 4) is 0 Å². The fourth-order valence-corrected chi connectivity index (χ4v) is 4.62. The molecule has 1 aliphatic heterocycles. The monoisotopic (exact) mass is 441 g/mol. The maximum atomic E-state index is 4.74. The summed E-state index contributed by atoms with van der Waals surface area (Å²) < 4.78 is 4.21. The van der Waals surface area contributed by atoms with Crippen molar-refractivity contribution >= 4 is 33.9 Å². The van der Waals surface area contributed by atoms with Gasteiger partial charge in [-0.25, -0.2) is 9.50 Å². The van der Waals surface area contributed by atoms with E-state index in [9.17, 15) is 0 Å². The van der Waals surface area contributed by atoms with E-state index in [1.54, 1.807) is 0 Å². The molecule has 0 radical (unpaired) electrons. The smallest absolute Gasteiger partial charge is 0.0990 e. The summed E-state index contributed by atoms with van der Waals surface area (Å²) in [6.45, 7) is 7.09. The Balaban J connectivity index is 0.000000753. The number of aryl methyl sites for hydroxylation is 1. The first kappa shape index (κ1) is 16.9. The lowest BCUT2D eigenvalue weighted by molar-refractivity contribution is 0.538. The molecule has 5 nitrogen and oxygen atoms in total. The number of fused-ring (bicyclic) bond motifs is 2. The summed E-state index contributed by atoms with van der Waals surface area (Å²) in [6, 6.07) is 6.42. The Morgan fingerprint density at radius 2 is 2.22 bits per heavy atom. The predicted octanol–water partition coefficient (Wildman–Crippen LogP) is 3.89. The molecule has 0 saturated heterocycles. The number of nitrogens with zero attached hydrogens (tertiary/aromatic N) is 4. The average Bonchev–Trinajstić information content (AvgIpc) is 3.21. The molecule has 0 fully saturated rings. The van der Waals surface area contributed by atoms with Gasteiger partial charge >= 0.3 is 0 Å². The van der Waals surface area contributed by atoms with Crippen molar-refractivity contribution in [3.05, 3.63) is 53.4 Å². The van der Waals surface area contributed by atoms with Crippen LogP contribution in [0.1, 0.15) is 42.5 Å². The molecule has 4 heterocycles. The van der Waals surface area contributed by atoms with Crippen molar-refractivity contribution in [3.63, 3.8) is 0 Å². The van der Waals surface area contributed by atoms with Crippen molar-refractivity contribution in [1.29, 1.82) is 0 Å². The molecule has 2 unspecified atom stereocenters. The highest BCUT2D eigenvalue weighted by molar-refractivity contribution is 14.2. The number of hydrogen-bond donors (Lipinski definition) is 1. The van der Waals surface area contributed by atoms with Gasteiger partial charge in [0, 0.05) is 31.2 Å². The van der Waals surface area contributed by atoms with Crippen molar-refractivity contribution in [2.75, 3.05) is 6.54 Å². The molecule has 0 bridgehead atoms. The van der Waals surface area contributed by atoms with Gasteiger partial charge in [0.15, 0.2) is 0 Å². The summed E-state index contributed by atoms with van der Waals surface area (Å²) in [7, 11) is 0. The zero-order valence-electron chi connectivity index (χ0n) is 13.5. The van der Waals surface area contributed by atoms with Gasteiger partial charge in [0.2, 0.25) is 0 Å². The zero-order chi connectivity index (χ0) is 16.4. The van der Waals surface area contributed by atoms with E-state index in [0.29, 0.717) is 6.37 Å². The Bertz CT molecular complexity index is 810. The van der Waals surface area contributed by atoms with Gasteiger partial charge in [-0.05, 0) is 46.7 Å². The highest BCUT2D eigenvalue weighted by Gasteiger charge is 2.27. The minimum Gasteiger partial charge on any atom is -0.306 e. The first-order valence-corrected chi connectivity index (χ1v) is 11.9. The first-order valence-electron chi connectivity index (χ1n) is 7.89. The van der Waals surface area contributed by atoms with E-state index in [1.807, 2.05) is 37.0 Å².